The fourth-order valence-corrected chi connectivity index (χ4v) is 1.99. The molecule has 0 bridgehead atoms. The first-order valence-corrected chi connectivity index (χ1v) is 6.52. The highest BCUT2D eigenvalue weighted by Gasteiger charge is 2.21. The van der Waals surface area contributed by atoms with Crippen LogP contribution in [-0.2, 0) is 9.59 Å². The summed E-state index contributed by atoms with van der Waals surface area (Å²) in [6, 6.07) is -0.944. The quantitative estimate of drug-likeness (QED) is 0.509. The first-order valence-electron chi connectivity index (χ1n) is 5.47. The van der Waals surface area contributed by atoms with Crippen molar-refractivity contribution in [3.05, 3.63) is 0 Å². The fourth-order valence-electron chi connectivity index (χ4n) is 0.996. The van der Waals surface area contributed by atoms with Gasteiger partial charge in [0.2, 0.25) is 5.91 Å². The van der Waals surface area contributed by atoms with Gasteiger partial charge in [0.15, 0.2) is 0 Å². The maximum atomic E-state index is 11.6. The third-order valence-electron chi connectivity index (χ3n) is 2.15. The molecule has 1 unspecified atom stereocenters. The summed E-state index contributed by atoms with van der Waals surface area (Å²) in [6.45, 7) is 3.43. The van der Waals surface area contributed by atoms with E-state index < -0.39 is 30.6 Å². The molecule has 0 fully saturated rings. The summed E-state index contributed by atoms with van der Waals surface area (Å²) in [5, 5.41) is 21.6. The van der Waals surface area contributed by atoms with Crippen LogP contribution in [0.3, 0.4) is 0 Å². The number of carboxylic acids is 1. The molecule has 0 saturated carbocycles. The second-order valence-electron chi connectivity index (χ2n) is 3.67. The Bertz CT molecular complexity index is 311. The summed E-state index contributed by atoms with van der Waals surface area (Å²) in [6.07, 6.45) is -0.406. The minimum atomic E-state index is -1.31. The lowest BCUT2D eigenvalue weighted by Gasteiger charge is -2.17. The second-order valence-corrected chi connectivity index (χ2v) is 5.14. The molecule has 0 aliphatic rings. The maximum Gasteiger partial charge on any atom is 0.405 e. The van der Waals surface area contributed by atoms with E-state index in [4.69, 9.17) is 10.2 Å². The highest BCUT2D eigenvalue weighted by molar-refractivity contribution is 7.99. The van der Waals surface area contributed by atoms with Crippen molar-refractivity contribution in [3.8, 4) is 0 Å². The molecule has 18 heavy (non-hydrogen) atoms. The molecule has 104 valence electrons. The Labute approximate surface area is 109 Å². The van der Waals surface area contributed by atoms with Crippen molar-refractivity contribution in [3.63, 3.8) is 0 Å². The average molecular weight is 278 g/mol. The Hall–Kier alpha value is -1.44. The van der Waals surface area contributed by atoms with E-state index in [0.717, 1.165) is 6.42 Å². The molecule has 0 rings (SSSR count). The number of hydrogen-bond acceptors (Lipinski definition) is 4. The van der Waals surface area contributed by atoms with E-state index in [1.165, 1.54) is 11.8 Å². The predicted molar refractivity (Wildman–Crippen MR) is 67.8 cm³/mol. The van der Waals surface area contributed by atoms with Crippen LogP contribution in [-0.4, -0.2) is 51.8 Å². The van der Waals surface area contributed by atoms with Crippen molar-refractivity contribution in [2.45, 2.75) is 31.6 Å². The summed E-state index contributed by atoms with van der Waals surface area (Å²) in [7, 11) is 0. The van der Waals surface area contributed by atoms with Crippen LogP contribution in [0.25, 0.3) is 0 Å². The van der Waals surface area contributed by atoms with Gasteiger partial charge >= 0.3 is 12.1 Å². The van der Waals surface area contributed by atoms with Gasteiger partial charge in [0.1, 0.15) is 12.6 Å². The van der Waals surface area contributed by atoms with Gasteiger partial charge in [-0.15, -0.1) is 0 Å². The van der Waals surface area contributed by atoms with Crippen LogP contribution >= 0.6 is 11.8 Å². The molecule has 8 heteroatoms. The highest BCUT2D eigenvalue weighted by atomic mass is 32.2. The molecule has 2 atom stereocenters. The molecule has 2 amide bonds. The molecule has 0 saturated heterocycles. The Kier molecular flexibility index (Phi) is 7.93. The summed E-state index contributed by atoms with van der Waals surface area (Å²) in [5.41, 5.74) is 0. The topological polar surface area (TPSA) is 116 Å². The fraction of sp³-hybridized carbons (Fsp3) is 0.700. The summed E-state index contributed by atoms with van der Waals surface area (Å²) in [4.78, 5) is 32.4. The van der Waals surface area contributed by atoms with Gasteiger partial charge in [-0.05, 0) is 6.42 Å². The number of nitrogens with one attached hydrogen (secondary N) is 2. The number of amides is 2. The molecule has 7 nitrogen and oxygen atoms in total. The van der Waals surface area contributed by atoms with Crippen molar-refractivity contribution in [2.75, 3.05) is 12.3 Å². The SMILES string of the molecule is CCC(C)SC[C@H](NC(=O)O)C(=O)NCC(=O)O. The largest absolute Gasteiger partial charge is 0.480 e. The average Bonchev–Trinajstić information content (AvgIpc) is 2.30. The number of aliphatic carboxylic acids is 1. The molecule has 0 aromatic heterocycles. The Morgan fingerprint density at radius 3 is 2.33 bits per heavy atom. The van der Waals surface area contributed by atoms with Crippen LogP contribution in [0.4, 0.5) is 4.79 Å². The number of carbonyl (C=O) groups excluding carboxylic acids is 1. The summed E-state index contributed by atoms with van der Waals surface area (Å²) < 4.78 is 0. The van der Waals surface area contributed by atoms with E-state index in [9.17, 15) is 14.4 Å². The standard InChI is InChI=1S/C10H18N2O5S/c1-3-6(2)18-5-7(12-10(16)17)9(15)11-4-8(13)14/h6-7,12H,3-5H2,1-2H3,(H,11,15)(H,13,14)(H,16,17)/t6?,7-/m0/s1. The zero-order chi connectivity index (χ0) is 14.1. The van der Waals surface area contributed by atoms with Gasteiger partial charge in [-0.3, -0.25) is 9.59 Å². The maximum absolute atomic E-state index is 11.6. The van der Waals surface area contributed by atoms with E-state index in [2.05, 4.69) is 10.6 Å². The molecule has 0 aliphatic heterocycles. The normalized spacial score (nSPS) is 13.4. The van der Waals surface area contributed by atoms with Crippen molar-refractivity contribution >= 4 is 29.7 Å². The van der Waals surface area contributed by atoms with Crippen molar-refractivity contribution in [2.24, 2.45) is 0 Å². The third kappa shape index (κ3) is 7.77. The molecule has 0 spiro atoms. The van der Waals surface area contributed by atoms with Gasteiger partial charge < -0.3 is 20.8 Å². The molecule has 0 heterocycles. The Morgan fingerprint density at radius 2 is 1.89 bits per heavy atom. The summed E-state index contributed by atoms with van der Waals surface area (Å²) >= 11 is 1.45. The van der Waals surface area contributed by atoms with E-state index in [1.807, 2.05) is 13.8 Å². The van der Waals surface area contributed by atoms with Crippen molar-refractivity contribution in [1.29, 1.82) is 0 Å². The second kappa shape index (κ2) is 8.62. The van der Waals surface area contributed by atoms with E-state index in [0.29, 0.717) is 5.25 Å². The Morgan fingerprint density at radius 1 is 1.28 bits per heavy atom. The van der Waals surface area contributed by atoms with Crippen LogP contribution in [0.2, 0.25) is 0 Å². The van der Waals surface area contributed by atoms with Crippen molar-refractivity contribution < 1.29 is 24.6 Å². The zero-order valence-corrected chi connectivity index (χ0v) is 11.1. The minimum Gasteiger partial charge on any atom is -0.480 e. The summed E-state index contributed by atoms with van der Waals surface area (Å²) in [5.74, 6) is -1.53. The van der Waals surface area contributed by atoms with Gasteiger partial charge in [0.25, 0.3) is 0 Å². The first kappa shape index (κ1) is 16.6. The number of carboxylic acid groups (broad SMARTS) is 2. The molecule has 0 aromatic rings. The van der Waals surface area contributed by atoms with Crippen molar-refractivity contribution in [1.82, 2.24) is 10.6 Å². The number of thioether (sulfide) groups is 1. The monoisotopic (exact) mass is 278 g/mol. The number of rotatable bonds is 8. The van der Waals surface area contributed by atoms with E-state index in [-0.39, 0.29) is 5.75 Å². The van der Waals surface area contributed by atoms with Gasteiger partial charge in [0, 0.05) is 11.0 Å². The molecule has 0 radical (unpaired) electrons. The first-order chi connectivity index (χ1) is 8.36. The van der Waals surface area contributed by atoms with E-state index in [1.54, 1.807) is 0 Å². The molecule has 4 N–H and O–H groups in total. The molecule has 0 aliphatic carbocycles. The van der Waals surface area contributed by atoms with Gasteiger partial charge in [-0.2, -0.15) is 11.8 Å². The molecular formula is C10H18N2O5S. The molecule has 0 aromatic carbocycles. The van der Waals surface area contributed by atoms with Crippen LogP contribution in [0, 0.1) is 0 Å². The number of hydrogen-bond donors (Lipinski definition) is 4. The predicted octanol–water partition coefficient (Wildman–Crippen LogP) is 0.355. The van der Waals surface area contributed by atoms with Gasteiger partial charge in [-0.1, -0.05) is 13.8 Å². The Balaban J connectivity index is 4.32. The lowest BCUT2D eigenvalue weighted by Crippen LogP contribution is -2.49. The van der Waals surface area contributed by atoms with E-state index >= 15 is 0 Å². The van der Waals surface area contributed by atoms with Crippen LogP contribution in [0.15, 0.2) is 0 Å². The van der Waals surface area contributed by atoms with Gasteiger partial charge in [0.05, 0.1) is 0 Å². The zero-order valence-electron chi connectivity index (χ0n) is 10.3. The van der Waals surface area contributed by atoms with Crippen LogP contribution in [0.1, 0.15) is 20.3 Å². The van der Waals surface area contributed by atoms with Crippen LogP contribution < -0.4 is 10.6 Å². The number of carbonyl (C=O) groups is 3. The molecular weight excluding hydrogens is 260 g/mol. The smallest absolute Gasteiger partial charge is 0.405 e. The third-order valence-corrected chi connectivity index (χ3v) is 3.58. The lowest BCUT2D eigenvalue weighted by atomic mass is 10.3. The minimum absolute atomic E-state index is 0.271. The van der Waals surface area contributed by atoms with Crippen LogP contribution in [0.5, 0.6) is 0 Å². The lowest BCUT2D eigenvalue weighted by molar-refractivity contribution is -0.138. The highest BCUT2D eigenvalue weighted by Crippen LogP contribution is 2.14. The van der Waals surface area contributed by atoms with Gasteiger partial charge in [-0.25, -0.2) is 4.79 Å².